The fraction of sp³-hybridized carbons (Fsp3) is 0.235. The predicted octanol–water partition coefficient (Wildman–Crippen LogP) is 2.78. The van der Waals surface area contributed by atoms with Crippen molar-refractivity contribution >= 4 is 23.0 Å². The van der Waals surface area contributed by atoms with Gasteiger partial charge in [-0.3, -0.25) is 0 Å². The molecule has 0 bridgehead atoms. The van der Waals surface area contributed by atoms with E-state index in [1.807, 2.05) is 60.5 Å². The highest BCUT2D eigenvalue weighted by molar-refractivity contribution is 7.80. The largest absolute Gasteiger partial charge is 0.497 e. The zero-order valence-electron chi connectivity index (χ0n) is 13.3. The minimum Gasteiger partial charge on any atom is -0.497 e. The molecule has 6 heteroatoms. The second kappa shape index (κ2) is 6.06. The van der Waals surface area contributed by atoms with Crippen LogP contribution in [0.1, 0.15) is 12.5 Å². The van der Waals surface area contributed by atoms with E-state index >= 15 is 0 Å². The van der Waals surface area contributed by atoms with Crippen molar-refractivity contribution in [1.82, 2.24) is 10.7 Å². The number of thiocarbonyl (C=S) groups is 1. The molecule has 0 spiro atoms. The van der Waals surface area contributed by atoms with Crippen LogP contribution in [0.4, 0.5) is 5.69 Å². The fourth-order valence-electron chi connectivity index (χ4n) is 2.56. The molecule has 0 radical (unpaired) electrons. The van der Waals surface area contributed by atoms with Crippen LogP contribution in [0, 0.1) is 0 Å². The molecule has 2 aromatic carbocycles. The maximum Gasteiger partial charge on any atom is 0.190 e. The van der Waals surface area contributed by atoms with E-state index in [0.29, 0.717) is 5.11 Å². The van der Waals surface area contributed by atoms with Gasteiger partial charge in [-0.2, -0.15) is 5.43 Å². The third kappa shape index (κ3) is 2.95. The van der Waals surface area contributed by atoms with Crippen molar-refractivity contribution < 1.29 is 9.47 Å². The smallest absolute Gasteiger partial charge is 0.190 e. The van der Waals surface area contributed by atoms with E-state index < -0.39 is 5.66 Å². The van der Waals surface area contributed by atoms with Crippen LogP contribution >= 0.6 is 12.2 Å². The van der Waals surface area contributed by atoms with Crippen LogP contribution in [0.25, 0.3) is 0 Å². The molecule has 0 aliphatic carbocycles. The number of methoxy groups -OCH3 is 2. The highest BCUT2D eigenvalue weighted by Crippen LogP contribution is 2.29. The molecule has 1 unspecified atom stereocenters. The first-order valence-electron chi connectivity index (χ1n) is 7.24. The quantitative estimate of drug-likeness (QED) is 0.841. The van der Waals surface area contributed by atoms with Crippen LogP contribution in [-0.2, 0) is 5.66 Å². The van der Waals surface area contributed by atoms with Crippen LogP contribution in [0.5, 0.6) is 11.5 Å². The molecule has 0 saturated carbocycles. The van der Waals surface area contributed by atoms with E-state index in [4.69, 9.17) is 21.7 Å². The van der Waals surface area contributed by atoms with E-state index in [0.717, 1.165) is 22.7 Å². The van der Waals surface area contributed by atoms with Crippen molar-refractivity contribution in [3.05, 3.63) is 54.1 Å². The van der Waals surface area contributed by atoms with Gasteiger partial charge in [-0.15, -0.1) is 0 Å². The highest BCUT2D eigenvalue weighted by atomic mass is 32.1. The molecule has 23 heavy (non-hydrogen) atoms. The number of ether oxygens (including phenoxy) is 2. The Morgan fingerprint density at radius 1 is 1.00 bits per heavy atom. The zero-order valence-corrected chi connectivity index (χ0v) is 14.1. The third-order valence-electron chi connectivity index (χ3n) is 3.87. The van der Waals surface area contributed by atoms with E-state index in [2.05, 4.69) is 10.7 Å². The summed E-state index contributed by atoms with van der Waals surface area (Å²) in [7, 11) is 3.31. The summed E-state index contributed by atoms with van der Waals surface area (Å²) in [6.45, 7) is 2.04. The lowest BCUT2D eigenvalue weighted by atomic mass is 10.0. The maximum atomic E-state index is 5.48. The standard InChI is InChI=1S/C17H19N3O2S/c1-17(12-5-4-6-15(11-12)22-3)18-16(23)20(19-17)13-7-9-14(21-2)10-8-13/h4-11,19H,1-3H3,(H,18,23). The number of anilines is 1. The van der Waals surface area contributed by atoms with Crippen LogP contribution in [-0.4, -0.2) is 19.3 Å². The average Bonchev–Trinajstić information content (AvgIpc) is 2.91. The first-order chi connectivity index (χ1) is 11.1. The second-order valence-corrected chi connectivity index (χ2v) is 5.82. The fourth-order valence-corrected chi connectivity index (χ4v) is 2.91. The molecule has 1 aliphatic heterocycles. The Balaban J connectivity index is 1.88. The minimum atomic E-state index is -0.508. The summed E-state index contributed by atoms with van der Waals surface area (Å²) in [5.41, 5.74) is 4.89. The molecular formula is C17H19N3O2S. The van der Waals surface area contributed by atoms with E-state index in [9.17, 15) is 0 Å². The van der Waals surface area contributed by atoms with Gasteiger partial charge >= 0.3 is 0 Å². The van der Waals surface area contributed by atoms with Gasteiger partial charge in [0.1, 0.15) is 17.2 Å². The zero-order chi connectivity index (χ0) is 16.4. The molecule has 0 aromatic heterocycles. The van der Waals surface area contributed by atoms with Crippen molar-refractivity contribution in [3.63, 3.8) is 0 Å². The predicted molar refractivity (Wildman–Crippen MR) is 94.7 cm³/mol. The van der Waals surface area contributed by atoms with Gasteiger partial charge in [-0.1, -0.05) is 12.1 Å². The Hall–Kier alpha value is -2.31. The summed E-state index contributed by atoms with van der Waals surface area (Å²) in [6.07, 6.45) is 0. The molecule has 0 amide bonds. The Morgan fingerprint density at radius 2 is 1.70 bits per heavy atom. The van der Waals surface area contributed by atoms with E-state index in [-0.39, 0.29) is 0 Å². The van der Waals surface area contributed by atoms with Gasteiger partial charge in [-0.25, -0.2) is 5.01 Å². The van der Waals surface area contributed by atoms with E-state index in [1.54, 1.807) is 14.2 Å². The summed E-state index contributed by atoms with van der Waals surface area (Å²) >= 11 is 5.48. The molecule has 2 aromatic rings. The Kier molecular flexibility index (Phi) is 4.11. The molecule has 1 heterocycles. The van der Waals surface area contributed by atoms with Crippen LogP contribution in [0.15, 0.2) is 48.5 Å². The topological polar surface area (TPSA) is 45.8 Å². The molecule has 3 rings (SSSR count). The van der Waals surface area contributed by atoms with Gasteiger partial charge in [0.2, 0.25) is 0 Å². The normalized spacial score (nSPS) is 20.3. The SMILES string of the molecule is COc1ccc(N2NC(C)(c3cccc(OC)c3)NC2=S)cc1. The first kappa shape index (κ1) is 15.6. The lowest BCUT2D eigenvalue weighted by Gasteiger charge is -2.26. The van der Waals surface area contributed by atoms with Gasteiger partial charge in [0.25, 0.3) is 0 Å². The summed E-state index contributed by atoms with van der Waals surface area (Å²) in [5.74, 6) is 1.61. The van der Waals surface area contributed by atoms with Gasteiger partial charge in [0.05, 0.1) is 19.9 Å². The van der Waals surface area contributed by atoms with Crippen molar-refractivity contribution in [3.8, 4) is 11.5 Å². The molecule has 2 N–H and O–H groups in total. The van der Waals surface area contributed by atoms with Crippen molar-refractivity contribution in [2.24, 2.45) is 0 Å². The summed E-state index contributed by atoms with van der Waals surface area (Å²) < 4.78 is 10.5. The number of hydrogen-bond acceptors (Lipinski definition) is 4. The molecule has 1 atom stereocenters. The second-order valence-electron chi connectivity index (χ2n) is 5.43. The van der Waals surface area contributed by atoms with Crippen molar-refractivity contribution in [2.45, 2.75) is 12.6 Å². The number of benzene rings is 2. The minimum absolute atomic E-state index is 0.508. The molecule has 120 valence electrons. The lowest BCUT2D eigenvalue weighted by molar-refractivity contribution is 0.381. The Bertz CT molecular complexity index is 720. The first-order valence-corrected chi connectivity index (χ1v) is 7.65. The summed E-state index contributed by atoms with van der Waals surface area (Å²) in [6, 6.07) is 15.6. The molecule has 1 saturated heterocycles. The van der Waals surface area contributed by atoms with Crippen molar-refractivity contribution in [1.29, 1.82) is 0 Å². The number of hydrazine groups is 1. The molecular weight excluding hydrogens is 310 g/mol. The van der Waals surface area contributed by atoms with Gasteiger partial charge in [0, 0.05) is 0 Å². The van der Waals surface area contributed by atoms with Crippen molar-refractivity contribution in [2.75, 3.05) is 19.2 Å². The lowest BCUT2D eigenvalue weighted by Crippen LogP contribution is -2.45. The van der Waals surface area contributed by atoms with Crippen LogP contribution in [0.2, 0.25) is 0 Å². The number of rotatable bonds is 4. The van der Waals surface area contributed by atoms with Crippen LogP contribution in [0.3, 0.4) is 0 Å². The van der Waals surface area contributed by atoms with Crippen LogP contribution < -0.4 is 25.2 Å². The van der Waals surface area contributed by atoms with E-state index in [1.165, 1.54) is 0 Å². The number of hydrogen-bond donors (Lipinski definition) is 2. The molecule has 1 fully saturated rings. The highest BCUT2D eigenvalue weighted by Gasteiger charge is 2.38. The Labute approximate surface area is 141 Å². The van der Waals surface area contributed by atoms with Gasteiger partial charge < -0.3 is 14.8 Å². The molecule has 5 nitrogen and oxygen atoms in total. The number of nitrogens with zero attached hydrogens (tertiary/aromatic N) is 1. The number of nitrogens with one attached hydrogen (secondary N) is 2. The van der Waals surface area contributed by atoms with Gasteiger partial charge in [0.15, 0.2) is 5.11 Å². The van der Waals surface area contributed by atoms with Gasteiger partial charge in [-0.05, 0) is 61.1 Å². The summed E-state index contributed by atoms with van der Waals surface area (Å²) in [5, 5.41) is 5.80. The average molecular weight is 329 g/mol. The monoisotopic (exact) mass is 329 g/mol. The third-order valence-corrected chi connectivity index (χ3v) is 4.16. The summed E-state index contributed by atoms with van der Waals surface area (Å²) in [4.78, 5) is 0. The maximum absolute atomic E-state index is 5.48. The Morgan fingerprint density at radius 3 is 2.35 bits per heavy atom. The molecule has 1 aliphatic rings.